The first kappa shape index (κ1) is 15.6. The Morgan fingerprint density at radius 3 is 2.54 bits per heavy atom. The molecule has 0 unspecified atom stereocenters. The van der Waals surface area contributed by atoms with E-state index in [0.29, 0.717) is 11.3 Å². The van der Waals surface area contributed by atoms with Gasteiger partial charge in [-0.3, -0.25) is 10.2 Å². The molecule has 2 aromatic carbocycles. The molecule has 0 aliphatic heterocycles. The van der Waals surface area contributed by atoms with Crippen LogP contribution in [0.3, 0.4) is 0 Å². The van der Waals surface area contributed by atoms with Crippen molar-refractivity contribution < 1.29 is 0 Å². The molecular formula is C20H17N3O. The van der Waals surface area contributed by atoms with Crippen molar-refractivity contribution in [2.24, 2.45) is 0 Å². The van der Waals surface area contributed by atoms with Gasteiger partial charge in [-0.2, -0.15) is 5.26 Å². The van der Waals surface area contributed by atoms with Gasteiger partial charge in [0.1, 0.15) is 11.6 Å². The fourth-order valence-electron chi connectivity index (χ4n) is 2.74. The number of nitriles is 1. The van der Waals surface area contributed by atoms with Crippen LogP contribution in [0.1, 0.15) is 22.4 Å². The number of aromatic nitrogens is 1. The fourth-order valence-corrected chi connectivity index (χ4v) is 2.74. The van der Waals surface area contributed by atoms with Crippen LogP contribution in [0.5, 0.6) is 0 Å². The molecule has 1 aromatic heterocycles. The molecule has 118 valence electrons. The SMILES string of the molecule is C=C(Nn1c(C)cc(C)c(C#N)c1=O)c1ccc2ccccc2c1. The summed E-state index contributed by atoms with van der Waals surface area (Å²) in [4.78, 5) is 12.5. The molecule has 3 aromatic rings. The van der Waals surface area contributed by atoms with E-state index >= 15 is 0 Å². The maximum absolute atomic E-state index is 12.5. The molecule has 0 aliphatic rings. The van der Waals surface area contributed by atoms with Crippen LogP contribution in [0.4, 0.5) is 0 Å². The van der Waals surface area contributed by atoms with Crippen LogP contribution >= 0.6 is 0 Å². The third kappa shape index (κ3) is 2.68. The lowest BCUT2D eigenvalue weighted by Crippen LogP contribution is -2.32. The highest BCUT2D eigenvalue weighted by Gasteiger charge is 2.11. The Labute approximate surface area is 140 Å². The highest BCUT2D eigenvalue weighted by Crippen LogP contribution is 2.19. The zero-order valence-corrected chi connectivity index (χ0v) is 13.6. The Hall–Kier alpha value is -3.32. The van der Waals surface area contributed by atoms with Gasteiger partial charge in [0.25, 0.3) is 5.56 Å². The minimum Gasteiger partial charge on any atom is -0.291 e. The molecule has 0 amide bonds. The van der Waals surface area contributed by atoms with Crippen LogP contribution in [0.2, 0.25) is 0 Å². The lowest BCUT2D eigenvalue weighted by Gasteiger charge is -2.16. The quantitative estimate of drug-likeness (QED) is 0.801. The summed E-state index contributed by atoms with van der Waals surface area (Å²) in [6.45, 7) is 7.61. The van der Waals surface area contributed by atoms with Gasteiger partial charge in [0.2, 0.25) is 0 Å². The van der Waals surface area contributed by atoms with Gasteiger partial charge in [0.05, 0.1) is 5.70 Å². The van der Waals surface area contributed by atoms with Gasteiger partial charge < -0.3 is 0 Å². The summed E-state index contributed by atoms with van der Waals surface area (Å²) in [5.41, 5.74) is 5.67. The smallest absolute Gasteiger partial charge is 0.287 e. The normalized spacial score (nSPS) is 10.4. The molecule has 24 heavy (non-hydrogen) atoms. The average molecular weight is 315 g/mol. The summed E-state index contributed by atoms with van der Waals surface area (Å²) in [5, 5.41) is 11.4. The average Bonchev–Trinajstić information content (AvgIpc) is 2.58. The van der Waals surface area contributed by atoms with Crippen molar-refractivity contribution in [3.05, 3.63) is 87.8 Å². The number of rotatable bonds is 3. The summed E-state index contributed by atoms with van der Waals surface area (Å²) in [6.07, 6.45) is 0. The number of fused-ring (bicyclic) bond motifs is 1. The van der Waals surface area contributed by atoms with Crippen LogP contribution in [-0.2, 0) is 0 Å². The number of nitrogens with zero attached hydrogens (tertiary/aromatic N) is 2. The second-order valence-corrected chi connectivity index (χ2v) is 5.75. The van der Waals surface area contributed by atoms with E-state index in [1.165, 1.54) is 4.68 Å². The van der Waals surface area contributed by atoms with Crippen LogP contribution < -0.4 is 11.0 Å². The lowest BCUT2D eigenvalue weighted by atomic mass is 10.1. The van der Waals surface area contributed by atoms with Crippen LogP contribution in [0.15, 0.2) is 59.9 Å². The maximum atomic E-state index is 12.5. The summed E-state index contributed by atoms with van der Waals surface area (Å²) >= 11 is 0. The molecule has 0 atom stereocenters. The molecule has 1 N–H and O–H groups in total. The minimum absolute atomic E-state index is 0.138. The first-order chi connectivity index (χ1) is 11.5. The van der Waals surface area contributed by atoms with Gasteiger partial charge >= 0.3 is 0 Å². The molecule has 0 spiro atoms. The van der Waals surface area contributed by atoms with Crippen molar-refractivity contribution >= 4 is 16.5 Å². The molecule has 0 bridgehead atoms. The zero-order chi connectivity index (χ0) is 17.3. The van der Waals surface area contributed by atoms with Crippen molar-refractivity contribution in [2.75, 3.05) is 5.43 Å². The molecule has 1 heterocycles. The number of nitrogens with one attached hydrogen (secondary N) is 1. The van der Waals surface area contributed by atoms with E-state index in [2.05, 4.69) is 12.0 Å². The van der Waals surface area contributed by atoms with Gasteiger partial charge in [0, 0.05) is 5.69 Å². The van der Waals surface area contributed by atoms with Crippen LogP contribution in [0.25, 0.3) is 16.5 Å². The highest BCUT2D eigenvalue weighted by atomic mass is 16.1. The Bertz CT molecular complexity index is 1050. The third-order valence-electron chi connectivity index (χ3n) is 4.05. The van der Waals surface area contributed by atoms with E-state index < -0.39 is 0 Å². The van der Waals surface area contributed by atoms with Crippen molar-refractivity contribution in [3.63, 3.8) is 0 Å². The molecule has 0 fully saturated rings. The molecule has 4 nitrogen and oxygen atoms in total. The van der Waals surface area contributed by atoms with E-state index in [1.54, 1.807) is 13.0 Å². The third-order valence-corrected chi connectivity index (χ3v) is 4.05. The Kier molecular flexibility index (Phi) is 3.93. The highest BCUT2D eigenvalue weighted by molar-refractivity contribution is 5.86. The summed E-state index contributed by atoms with van der Waals surface area (Å²) < 4.78 is 1.36. The Morgan fingerprint density at radius 2 is 1.83 bits per heavy atom. The lowest BCUT2D eigenvalue weighted by molar-refractivity contribution is 0.848. The van der Waals surface area contributed by atoms with Gasteiger partial charge in [-0.05, 0) is 47.9 Å². The largest absolute Gasteiger partial charge is 0.291 e. The summed E-state index contributed by atoms with van der Waals surface area (Å²) in [6, 6.07) is 17.8. The second kappa shape index (κ2) is 6.05. The van der Waals surface area contributed by atoms with Gasteiger partial charge in [-0.15, -0.1) is 0 Å². The van der Waals surface area contributed by atoms with Crippen molar-refractivity contribution in [1.82, 2.24) is 4.68 Å². The Morgan fingerprint density at radius 1 is 1.12 bits per heavy atom. The van der Waals surface area contributed by atoms with E-state index in [9.17, 15) is 10.1 Å². The van der Waals surface area contributed by atoms with Gasteiger partial charge in [0.15, 0.2) is 0 Å². The van der Waals surface area contributed by atoms with Gasteiger partial charge in [-0.1, -0.05) is 43.0 Å². The Balaban J connectivity index is 2.00. The van der Waals surface area contributed by atoms with Crippen LogP contribution in [0, 0.1) is 25.2 Å². The number of pyridine rings is 1. The van der Waals surface area contributed by atoms with Crippen LogP contribution in [-0.4, -0.2) is 4.68 Å². The standard InChI is InChI=1S/C20H17N3O/c1-13-10-14(2)23(20(24)19(13)12-21)22-15(3)17-9-8-16-6-4-5-7-18(16)11-17/h4-11,22H,3H2,1-2H3. The topological polar surface area (TPSA) is 57.8 Å². The van der Waals surface area contributed by atoms with Gasteiger partial charge in [-0.25, -0.2) is 4.68 Å². The summed E-state index contributed by atoms with van der Waals surface area (Å²) in [5.74, 6) is 0. The first-order valence-corrected chi connectivity index (χ1v) is 7.59. The molecule has 0 saturated carbocycles. The number of hydrogen-bond donors (Lipinski definition) is 1. The van der Waals surface area contributed by atoms with E-state index in [4.69, 9.17) is 0 Å². The van der Waals surface area contributed by atoms with E-state index in [-0.39, 0.29) is 11.1 Å². The molecule has 3 rings (SSSR count). The molecular weight excluding hydrogens is 298 g/mol. The summed E-state index contributed by atoms with van der Waals surface area (Å²) in [7, 11) is 0. The number of aryl methyl sites for hydroxylation is 2. The van der Waals surface area contributed by atoms with Crippen molar-refractivity contribution in [2.45, 2.75) is 13.8 Å². The van der Waals surface area contributed by atoms with E-state index in [0.717, 1.165) is 22.0 Å². The predicted octanol–water partition coefficient (Wildman–Crippen LogP) is 3.70. The number of hydrogen-bond acceptors (Lipinski definition) is 3. The predicted molar refractivity (Wildman–Crippen MR) is 97.2 cm³/mol. The molecule has 0 saturated heterocycles. The first-order valence-electron chi connectivity index (χ1n) is 7.59. The monoisotopic (exact) mass is 315 g/mol. The molecule has 4 heteroatoms. The molecule has 0 radical (unpaired) electrons. The molecule has 0 aliphatic carbocycles. The van der Waals surface area contributed by atoms with Crippen molar-refractivity contribution in [1.29, 1.82) is 5.26 Å². The second-order valence-electron chi connectivity index (χ2n) is 5.75. The van der Waals surface area contributed by atoms with E-state index in [1.807, 2.05) is 55.5 Å². The zero-order valence-electron chi connectivity index (χ0n) is 13.6. The van der Waals surface area contributed by atoms with Crippen molar-refractivity contribution in [3.8, 4) is 6.07 Å². The fraction of sp³-hybridized carbons (Fsp3) is 0.100. The maximum Gasteiger partial charge on any atom is 0.287 e. The number of benzene rings is 2. The minimum atomic E-state index is -0.364.